The number of hydrogen-bond donors (Lipinski definition) is 0. The molecule has 0 unspecified atom stereocenters. The van der Waals surface area contributed by atoms with Gasteiger partial charge in [0.2, 0.25) is 0 Å². The van der Waals surface area contributed by atoms with Gasteiger partial charge in [-0.3, -0.25) is 0 Å². The van der Waals surface area contributed by atoms with Crippen LogP contribution in [0.4, 0.5) is 0 Å². The SMILES string of the molecule is N#CCn1ccc2ccc3c(c21)CCO3. The summed E-state index contributed by atoms with van der Waals surface area (Å²) in [4.78, 5) is 0. The molecule has 0 saturated heterocycles. The van der Waals surface area contributed by atoms with E-state index in [2.05, 4.69) is 6.07 Å². The molecular weight excluding hydrogens is 188 g/mol. The van der Waals surface area contributed by atoms with E-state index in [1.54, 1.807) is 0 Å². The molecule has 1 aromatic heterocycles. The first kappa shape index (κ1) is 8.37. The first-order chi connectivity index (χ1) is 7.40. The minimum atomic E-state index is 0.403. The van der Waals surface area contributed by atoms with Gasteiger partial charge in [-0.15, -0.1) is 0 Å². The van der Waals surface area contributed by atoms with E-state index >= 15 is 0 Å². The highest BCUT2D eigenvalue weighted by Gasteiger charge is 2.17. The molecule has 0 saturated carbocycles. The second kappa shape index (κ2) is 3.03. The first-order valence-corrected chi connectivity index (χ1v) is 5.00. The summed E-state index contributed by atoms with van der Waals surface area (Å²) in [6.07, 6.45) is 2.91. The molecule has 0 radical (unpaired) electrons. The number of fused-ring (bicyclic) bond motifs is 3. The Labute approximate surface area is 87.5 Å². The molecule has 15 heavy (non-hydrogen) atoms. The maximum absolute atomic E-state index is 8.74. The van der Waals surface area contributed by atoms with E-state index < -0.39 is 0 Å². The molecule has 0 fully saturated rings. The Morgan fingerprint density at radius 1 is 1.40 bits per heavy atom. The third-order valence-electron chi connectivity index (χ3n) is 2.84. The van der Waals surface area contributed by atoms with E-state index in [1.165, 1.54) is 10.9 Å². The molecule has 0 spiro atoms. The second-order valence-corrected chi connectivity index (χ2v) is 3.68. The van der Waals surface area contributed by atoms with Gasteiger partial charge >= 0.3 is 0 Å². The van der Waals surface area contributed by atoms with Crippen LogP contribution in [-0.2, 0) is 13.0 Å². The molecule has 0 N–H and O–H groups in total. The standard InChI is InChI=1S/C12H10N2O/c13-5-7-14-6-3-9-1-2-11-10(12(9)14)4-8-15-11/h1-3,6H,4,7-8H2. The van der Waals surface area contributed by atoms with Crippen LogP contribution >= 0.6 is 0 Å². The molecule has 1 aliphatic rings. The van der Waals surface area contributed by atoms with Crippen LogP contribution in [0.5, 0.6) is 5.75 Å². The maximum Gasteiger partial charge on any atom is 0.124 e. The first-order valence-electron chi connectivity index (χ1n) is 5.00. The molecule has 0 atom stereocenters. The number of hydrogen-bond acceptors (Lipinski definition) is 2. The van der Waals surface area contributed by atoms with Crippen molar-refractivity contribution in [2.24, 2.45) is 0 Å². The van der Waals surface area contributed by atoms with Crippen LogP contribution in [-0.4, -0.2) is 11.2 Å². The van der Waals surface area contributed by atoms with Crippen molar-refractivity contribution in [2.45, 2.75) is 13.0 Å². The van der Waals surface area contributed by atoms with Crippen LogP contribution in [0.1, 0.15) is 5.56 Å². The lowest BCUT2D eigenvalue weighted by molar-refractivity contribution is 0.357. The molecule has 2 heterocycles. The quantitative estimate of drug-likeness (QED) is 0.703. The summed E-state index contributed by atoms with van der Waals surface area (Å²) < 4.78 is 7.50. The summed E-state index contributed by atoms with van der Waals surface area (Å²) in [7, 11) is 0. The Hall–Kier alpha value is -1.95. The van der Waals surface area contributed by atoms with Crippen molar-refractivity contribution in [1.82, 2.24) is 4.57 Å². The van der Waals surface area contributed by atoms with Gasteiger partial charge in [0, 0.05) is 23.6 Å². The van der Waals surface area contributed by atoms with E-state index in [9.17, 15) is 0 Å². The number of ether oxygens (including phenoxy) is 1. The fourth-order valence-electron chi connectivity index (χ4n) is 2.20. The number of nitriles is 1. The molecule has 3 rings (SSSR count). The van der Waals surface area contributed by atoms with Crippen molar-refractivity contribution in [3.63, 3.8) is 0 Å². The van der Waals surface area contributed by atoms with E-state index in [0.717, 1.165) is 24.3 Å². The molecule has 1 aliphatic heterocycles. The minimum Gasteiger partial charge on any atom is -0.493 e. The Balaban J connectivity index is 2.32. The third-order valence-corrected chi connectivity index (χ3v) is 2.84. The summed E-state index contributed by atoms with van der Waals surface area (Å²) >= 11 is 0. The van der Waals surface area contributed by atoms with Gasteiger partial charge in [0.1, 0.15) is 12.3 Å². The molecule has 2 aromatic rings. The lowest BCUT2D eigenvalue weighted by Crippen LogP contribution is -1.95. The molecule has 3 heteroatoms. The smallest absolute Gasteiger partial charge is 0.124 e. The Bertz CT molecular complexity index is 563. The summed E-state index contributed by atoms with van der Waals surface area (Å²) in [5.74, 6) is 0.973. The summed E-state index contributed by atoms with van der Waals surface area (Å²) in [6.45, 7) is 1.16. The Morgan fingerprint density at radius 3 is 3.20 bits per heavy atom. The van der Waals surface area contributed by atoms with Crippen molar-refractivity contribution < 1.29 is 4.74 Å². The van der Waals surface area contributed by atoms with Gasteiger partial charge < -0.3 is 9.30 Å². The van der Waals surface area contributed by atoms with Crippen LogP contribution in [0.3, 0.4) is 0 Å². The van der Waals surface area contributed by atoms with Gasteiger partial charge in [0.05, 0.1) is 18.2 Å². The lowest BCUT2D eigenvalue weighted by Gasteiger charge is -2.04. The number of rotatable bonds is 1. The largest absolute Gasteiger partial charge is 0.493 e. The fourth-order valence-corrected chi connectivity index (χ4v) is 2.20. The third kappa shape index (κ3) is 1.11. The molecular formula is C12H10N2O. The molecule has 1 aromatic carbocycles. The van der Waals surface area contributed by atoms with Crippen molar-refractivity contribution in [3.05, 3.63) is 30.0 Å². The zero-order chi connectivity index (χ0) is 10.3. The Morgan fingerprint density at radius 2 is 2.33 bits per heavy atom. The highest BCUT2D eigenvalue weighted by molar-refractivity contribution is 5.86. The monoisotopic (exact) mass is 198 g/mol. The minimum absolute atomic E-state index is 0.403. The van der Waals surface area contributed by atoms with Gasteiger partial charge in [-0.2, -0.15) is 5.26 Å². The highest BCUT2D eigenvalue weighted by atomic mass is 16.5. The van der Waals surface area contributed by atoms with Gasteiger partial charge in [-0.1, -0.05) is 0 Å². The lowest BCUT2D eigenvalue weighted by atomic mass is 10.1. The number of benzene rings is 1. The van der Waals surface area contributed by atoms with E-state index in [-0.39, 0.29) is 0 Å². The molecule has 74 valence electrons. The van der Waals surface area contributed by atoms with Crippen molar-refractivity contribution >= 4 is 10.9 Å². The molecule has 0 aliphatic carbocycles. The number of aromatic nitrogens is 1. The maximum atomic E-state index is 8.74. The van der Waals surface area contributed by atoms with E-state index in [1.807, 2.05) is 29.0 Å². The number of nitrogens with zero attached hydrogens (tertiary/aromatic N) is 2. The second-order valence-electron chi connectivity index (χ2n) is 3.68. The normalized spacial score (nSPS) is 13.5. The van der Waals surface area contributed by atoms with Crippen LogP contribution in [0.2, 0.25) is 0 Å². The van der Waals surface area contributed by atoms with Gasteiger partial charge in [0.25, 0.3) is 0 Å². The van der Waals surface area contributed by atoms with E-state index in [0.29, 0.717) is 6.54 Å². The Kier molecular flexibility index (Phi) is 1.69. The average Bonchev–Trinajstić information content (AvgIpc) is 2.83. The zero-order valence-corrected chi connectivity index (χ0v) is 8.23. The van der Waals surface area contributed by atoms with Crippen molar-refractivity contribution in [2.75, 3.05) is 6.61 Å². The predicted octanol–water partition coefficient (Wildman–Crippen LogP) is 2.10. The van der Waals surface area contributed by atoms with Crippen molar-refractivity contribution in [3.8, 4) is 11.8 Å². The van der Waals surface area contributed by atoms with Crippen molar-refractivity contribution in [1.29, 1.82) is 5.26 Å². The zero-order valence-electron chi connectivity index (χ0n) is 8.23. The highest BCUT2D eigenvalue weighted by Crippen LogP contribution is 2.32. The fraction of sp³-hybridized carbons (Fsp3) is 0.250. The summed E-state index contributed by atoms with van der Waals surface area (Å²) in [6, 6.07) is 8.29. The molecule has 3 nitrogen and oxygen atoms in total. The summed E-state index contributed by atoms with van der Waals surface area (Å²) in [5, 5.41) is 9.93. The predicted molar refractivity (Wildman–Crippen MR) is 56.8 cm³/mol. The molecule has 0 bridgehead atoms. The van der Waals surface area contributed by atoms with E-state index in [4.69, 9.17) is 10.00 Å². The van der Waals surface area contributed by atoms with Crippen LogP contribution in [0, 0.1) is 11.3 Å². The topological polar surface area (TPSA) is 38.0 Å². The van der Waals surface area contributed by atoms with Crippen LogP contribution in [0.25, 0.3) is 10.9 Å². The van der Waals surface area contributed by atoms with Crippen LogP contribution < -0.4 is 4.74 Å². The van der Waals surface area contributed by atoms with Gasteiger partial charge in [0.15, 0.2) is 0 Å². The van der Waals surface area contributed by atoms with Gasteiger partial charge in [-0.05, 0) is 18.2 Å². The van der Waals surface area contributed by atoms with Gasteiger partial charge in [-0.25, -0.2) is 0 Å². The molecule has 0 amide bonds. The van der Waals surface area contributed by atoms with Crippen LogP contribution in [0.15, 0.2) is 24.4 Å². The average molecular weight is 198 g/mol. The summed E-state index contributed by atoms with van der Waals surface area (Å²) in [5.41, 5.74) is 2.40.